The summed E-state index contributed by atoms with van der Waals surface area (Å²) in [7, 11) is 0. The van der Waals surface area contributed by atoms with E-state index >= 15 is 0 Å². The fourth-order valence-corrected chi connectivity index (χ4v) is 1.72. The van der Waals surface area contributed by atoms with Gasteiger partial charge in [0.15, 0.2) is 5.01 Å². The molecule has 0 saturated heterocycles. The molecule has 0 aliphatic carbocycles. The summed E-state index contributed by atoms with van der Waals surface area (Å²) >= 11 is 1.54. The Kier molecular flexibility index (Phi) is 4.32. The molecule has 0 fully saturated rings. The first-order chi connectivity index (χ1) is 7.13. The maximum Gasteiger partial charge on any atom is 0.317 e. The molecule has 0 unspecified atom stereocenters. The third-order valence-electron chi connectivity index (χ3n) is 1.76. The lowest BCUT2D eigenvalue weighted by atomic mass is 10.4. The maximum atomic E-state index is 11.0. The molecular formula is C11H13NO2S. The number of thiazole rings is 1. The van der Waals surface area contributed by atoms with Gasteiger partial charge in [-0.1, -0.05) is 5.92 Å². The van der Waals surface area contributed by atoms with Crippen molar-refractivity contribution in [2.75, 3.05) is 6.61 Å². The van der Waals surface area contributed by atoms with Crippen LogP contribution in [0.1, 0.15) is 28.9 Å². The second-order valence-electron chi connectivity index (χ2n) is 2.94. The summed E-state index contributed by atoms with van der Waals surface area (Å²) < 4.78 is 4.75. The largest absolute Gasteiger partial charge is 0.465 e. The van der Waals surface area contributed by atoms with Crippen molar-refractivity contribution in [3.8, 4) is 11.8 Å². The van der Waals surface area contributed by atoms with Gasteiger partial charge >= 0.3 is 5.97 Å². The average molecular weight is 223 g/mol. The van der Waals surface area contributed by atoms with Gasteiger partial charge in [0.1, 0.15) is 6.42 Å². The molecule has 1 aromatic heterocycles. The standard InChI is InChI=1S/C11H13NO2S/c1-4-14-11(13)7-5-6-10-12-8(2)9(3)15-10/h4,7H2,1-3H3. The van der Waals surface area contributed by atoms with Crippen LogP contribution >= 0.6 is 11.3 Å². The van der Waals surface area contributed by atoms with Gasteiger partial charge in [-0.25, -0.2) is 4.98 Å². The van der Waals surface area contributed by atoms with Gasteiger partial charge in [0.25, 0.3) is 0 Å². The number of aromatic nitrogens is 1. The maximum absolute atomic E-state index is 11.0. The Morgan fingerprint density at radius 1 is 1.53 bits per heavy atom. The minimum atomic E-state index is -0.282. The van der Waals surface area contributed by atoms with Crippen LogP contribution in [0.3, 0.4) is 0 Å². The van der Waals surface area contributed by atoms with Gasteiger partial charge in [-0.05, 0) is 26.7 Å². The van der Waals surface area contributed by atoms with E-state index in [2.05, 4.69) is 16.8 Å². The van der Waals surface area contributed by atoms with Crippen molar-refractivity contribution in [2.45, 2.75) is 27.2 Å². The molecule has 0 amide bonds. The number of aryl methyl sites for hydroxylation is 2. The molecule has 0 aromatic carbocycles. The van der Waals surface area contributed by atoms with Crippen molar-refractivity contribution in [2.24, 2.45) is 0 Å². The fraction of sp³-hybridized carbons (Fsp3) is 0.455. The minimum absolute atomic E-state index is 0.130. The predicted molar refractivity (Wildman–Crippen MR) is 59.7 cm³/mol. The number of hydrogen-bond donors (Lipinski definition) is 0. The first-order valence-electron chi connectivity index (χ1n) is 4.72. The SMILES string of the molecule is CCOC(=O)CC#Cc1nc(C)c(C)s1. The number of carbonyl (C=O) groups excluding carboxylic acids is 1. The first kappa shape index (κ1) is 11.7. The van der Waals surface area contributed by atoms with Crippen LogP contribution in [0.25, 0.3) is 0 Å². The molecule has 1 heterocycles. The molecule has 0 bridgehead atoms. The Labute approximate surface area is 93.5 Å². The number of ether oxygens (including phenoxy) is 1. The molecule has 3 nitrogen and oxygen atoms in total. The summed E-state index contributed by atoms with van der Waals surface area (Å²) in [6.07, 6.45) is 0.130. The predicted octanol–water partition coefficient (Wildman–Crippen LogP) is 2.06. The zero-order chi connectivity index (χ0) is 11.3. The molecule has 0 radical (unpaired) electrons. The van der Waals surface area contributed by atoms with Gasteiger partial charge in [-0.15, -0.1) is 11.3 Å². The minimum Gasteiger partial charge on any atom is -0.465 e. The second-order valence-corrected chi connectivity index (χ2v) is 4.15. The summed E-state index contributed by atoms with van der Waals surface area (Å²) in [5, 5.41) is 0.759. The highest BCUT2D eigenvalue weighted by Crippen LogP contribution is 2.14. The van der Waals surface area contributed by atoms with E-state index in [1.807, 2.05) is 13.8 Å². The first-order valence-corrected chi connectivity index (χ1v) is 5.53. The zero-order valence-electron chi connectivity index (χ0n) is 9.09. The molecule has 0 atom stereocenters. The lowest BCUT2D eigenvalue weighted by Gasteiger charge is -1.94. The summed E-state index contributed by atoms with van der Waals surface area (Å²) in [6, 6.07) is 0. The van der Waals surface area contributed by atoms with Crippen molar-refractivity contribution in [3.05, 3.63) is 15.6 Å². The molecule has 0 N–H and O–H groups in total. The molecule has 80 valence electrons. The van der Waals surface area contributed by atoms with E-state index < -0.39 is 0 Å². The number of hydrogen-bond acceptors (Lipinski definition) is 4. The molecule has 0 spiro atoms. The highest BCUT2D eigenvalue weighted by atomic mass is 32.1. The van der Waals surface area contributed by atoms with Gasteiger partial charge in [-0.2, -0.15) is 0 Å². The van der Waals surface area contributed by atoms with Crippen molar-refractivity contribution in [1.29, 1.82) is 0 Å². The summed E-state index contributed by atoms with van der Waals surface area (Å²) in [5.41, 5.74) is 1.00. The average Bonchev–Trinajstić information content (AvgIpc) is 2.46. The molecular weight excluding hydrogens is 210 g/mol. The van der Waals surface area contributed by atoms with Gasteiger partial charge < -0.3 is 4.74 Å². The van der Waals surface area contributed by atoms with E-state index in [9.17, 15) is 4.79 Å². The van der Waals surface area contributed by atoms with Crippen LogP contribution in [-0.4, -0.2) is 17.6 Å². The second kappa shape index (κ2) is 5.52. The van der Waals surface area contributed by atoms with E-state index in [-0.39, 0.29) is 12.4 Å². The van der Waals surface area contributed by atoms with Gasteiger partial charge in [0.05, 0.1) is 12.3 Å². The van der Waals surface area contributed by atoms with Crippen LogP contribution in [0, 0.1) is 25.7 Å². The van der Waals surface area contributed by atoms with Crippen LogP contribution in [0.15, 0.2) is 0 Å². The highest BCUT2D eigenvalue weighted by molar-refractivity contribution is 7.12. The number of carbonyl (C=O) groups is 1. The third kappa shape index (κ3) is 3.72. The van der Waals surface area contributed by atoms with E-state index in [0.29, 0.717) is 6.61 Å². The molecule has 4 heteroatoms. The van der Waals surface area contributed by atoms with Crippen LogP contribution in [0.2, 0.25) is 0 Å². The summed E-state index contributed by atoms with van der Waals surface area (Å²) in [6.45, 7) is 6.13. The Balaban J connectivity index is 2.55. The van der Waals surface area contributed by atoms with E-state index in [1.165, 1.54) is 0 Å². The van der Waals surface area contributed by atoms with Crippen LogP contribution in [0.5, 0.6) is 0 Å². The Hall–Kier alpha value is -1.34. The van der Waals surface area contributed by atoms with Gasteiger partial charge in [0, 0.05) is 4.88 Å². The van der Waals surface area contributed by atoms with Crippen LogP contribution in [-0.2, 0) is 9.53 Å². The van der Waals surface area contributed by atoms with Crippen molar-refractivity contribution in [1.82, 2.24) is 4.98 Å². The molecule has 1 rings (SSSR count). The van der Waals surface area contributed by atoms with Crippen molar-refractivity contribution < 1.29 is 9.53 Å². The molecule has 15 heavy (non-hydrogen) atoms. The lowest BCUT2D eigenvalue weighted by molar-refractivity contribution is -0.141. The van der Waals surface area contributed by atoms with Crippen LogP contribution < -0.4 is 0 Å². The third-order valence-corrected chi connectivity index (χ3v) is 2.75. The quantitative estimate of drug-likeness (QED) is 0.569. The van der Waals surface area contributed by atoms with Crippen molar-refractivity contribution >= 4 is 17.3 Å². The molecule has 1 aromatic rings. The number of nitrogens with zero attached hydrogens (tertiary/aromatic N) is 1. The normalized spacial score (nSPS) is 9.27. The monoisotopic (exact) mass is 223 g/mol. The van der Waals surface area contributed by atoms with Gasteiger partial charge in [0.2, 0.25) is 0 Å². The Morgan fingerprint density at radius 3 is 2.80 bits per heavy atom. The summed E-state index contributed by atoms with van der Waals surface area (Å²) in [4.78, 5) is 16.4. The van der Waals surface area contributed by atoms with Crippen LogP contribution in [0.4, 0.5) is 0 Å². The van der Waals surface area contributed by atoms with Gasteiger partial charge in [-0.3, -0.25) is 4.79 Å². The van der Waals surface area contributed by atoms with E-state index in [4.69, 9.17) is 4.74 Å². The fourth-order valence-electron chi connectivity index (χ4n) is 0.930. The Morgan fingerprint density at radius 2 is 2.27 bits per heavy atom. The summed E-state index contributed by atoms with van der Waals surface area (Å²) in [5.74, 6) is 5.32. The zero-order valence-corrected chi connectivity index (χ0v) is 9.90. The molecule has 0 saturated carbocycles. The molecule has 0 aliphatic rings. The van der Waals surface area contributed by atoms with Crippen molar-refractivity contribution in [3.63, 3.8) is 0 Å². The van der Waals surface area contributed by atoms with E-state index in [1.54, 1.807) is 18.3 Å². The number of rotatable bonds is 2. The Bertz CT molecular complexity index is 392. The lowest BCUT2D eigenvalue weighted by Crippen LogP contribution is -2.01. The molecule has 0 aliphatic heterocycles. The highest BCUT2D eigenvalue weighted by Gasteiger charge is 2.00. The number of esters is 1. The van der Waals surface area contributed by atoms with E-state index in [0.717, 1.165) is 15.6 Å². The topological polar surface area (TPSA) is 39.2 Å². The smallest absolute Gasteiger partial charge is 0.317 e.